The molecular weight excluding hydrogens is 293 g/mol. The zero-order valence-corrected chi connectivity index (χ0v) is 11.9. The number of anilines is 2. The van der Waals surface area contributed by atoms with Gasteiger partial charge >= 0.3 is 12.1 Å². The average molecular weight is 308 g/mol. The number of rotatable bonds is 4. The molecule has 0 aliphatic heterocycles. The van der Waals surface area contributed by atoms with Crippen LogP contribution in [0.25, 0.3) is 0 Å². The minimum Gasteiger partial charge on any atom is -0.465 e. The molecule has 0 saturated heterocycles. The van der Waals surface area contributed by atoms with Crippen LogP contribution < -0.4 is 10.6 Å². The van der Waals surface area contributed by atoms with E-state index in [1.54, 1.807) is 0 Å². The Balaban J connectivity index is 2.38. The van der Waals surface area contributed by atoms with Gasteiger partial charge in [-0.15, -0.1) is 11.3 Å². The lowest BCUT2D eigenvalue weighted by Crippen LogP contribution is -2.30. The van der Waals surface area contributed by atoms with E-state index in [1.165, 1.54) is 14.2 Å². The van der Waals surface area contributed by atoms with E-state index in [2.05, 4.69) is 4.74 Å². The Hall–Kier alpha value is -1.44. The summed E-state index contributed by atoms with van der Waals surface area (Å²) in [5.41, 5.74) is 6.84. The average Bonchev–Trinajstić information content (AvgIpc) is 3.10. The number of carbonyl (C=O) groups is 1. The first-order chi connectivity index (χ1) is 9.24. The third kappa shape index (κ3) is 3.00. The summed E-state index contributed by atoms with van der Waals surface area (Å²) >= 11 is 0.962. The van der Waals surface area contributed by atoms with Crippen LogP contribution in [0.4, 0.5) is 23.9 Å². The van der Waals surface area contributed by atoms with Crippen LogP contribution >= 0.6 is 11.3 Å². The molecule has 1 aliphatic carbocycles. The second-order valence-corrected chi connectivity index (χ2v) is 5.80. The lowest BCUT2D eigenvalue weighted by Gasteiger charge is -2.20. The van der Waals surface area contributed by atoms with Gasteiger partial charge in [0.15, 0.2) is 0 Å². The van der Waals surface area contributed by atoms with Gasteiger partial charge in [-0.1, -0.05) is 0 Å². The Morgan fingerprint density at radius 1 is 1.50 bits per heavy atom. The highest BCUT2D eigenvalue weighted by Gasteiger charge is 2.37. The van der Waals surface area contributed by atoms with Gasteiger partial charge in [-0.2, -0.15) is 13.2 Å². The van der Waals surface area contributed by atoms with Crippen LogP contribution in [0.2, 0.25) is 0 Å². The summed E-state index contributed by atoms with van der Waals surface area (Å²) in [6, 6.07) is 0. The van der Waals surface area contributed by atoms with Crippen molar-refractivity contribution in [1.29, 1.82) is 0 Å². The third-order valence-electron chi connectivity index (χ3n) is 3.08. The van der Waals surface area contributed by atoms with Crippen LogP contribution in [-0.2, 0) is 4.74 Å². The summed E-state index contributed by atoms with van der Waals surface area (Å²) in [5, 5.41) is 0.405. The van der Waals surface area contributed by atoms with Crippen LogP contribution in [-0.4, -0.2) is 32.8 Å². The Bertz CT molecular complexity index is 524. The van der Waals surface area contributed by atoms with Gasteiger partial charge < -0.3 is 15.4 Å². The predicted molar refractivity (Wildman–Crippen MR) is 71.4 cm³/mol. The highest BCUT2D eigenvalue weighted by atomic mass is 32.1. The number of esters is 1. The summed E-state index contributed by atoms with van der Waals surface area (Å²) in [6.45, 7) is -1.08. The molecule has 1 saturated carbocycles. The van der Waals surface area contributed by atoms with Crippen LogP contribution in [0.15, 0.2) is 0 Å². The fourth-order valence-corrected chi connectivity index (χ4v) is 3.27. The third-order valence-corrected chi connectivity index (χ3v) is 4.40. The Morgan fingerprint density at radius 2 is 2.10 bits per heavy atom. The fraction of sp³-hybridized carbons (Fsp3) is 0.583. The number of nitrogens with zero attached hydrogens (tertiary/aromatic N) is 1. The standard InChI is InChI=1S/C12H15F3N2O2S/c1-17(5-12(13,14)15)10-7(6-3-4-6)8(16)9(20-10)11(18)19-2/h6H,3-5,16H2,1-2H3. The molecule has 20 heavy (non-hydrogen) atoms. The number of methoxy groups -OCH3 is 1. The lowest BCUT2D eigenvalue weighted by molar-refractivity contribution is -0.119. The fourth-order valence-electron chi connectivity index (χ4n) is 2.08. The molecule has 0 atom stereocenters. The molecule has 1 fully saturated rings. The SMILES string of the molecule is COC(=O)c1sc(N(C)CC(F)(F)F)c(C2CC2)c1N. The predicted octanol–water partition coefficient (Wildman–Crippen LogP) is 2.99. The summed E-state index contributed by atoms with van der Waals surface area (Å²) in [7, 11) is 2.57. The maximum absolute atomic E-state index is 12.5. The van der Waals surface area contributed by atoms with Crippen LogP contribution in [0.3, 0.4) is 0 Å². The van der Waals surface area contributed by atoms with Crippen LogP contribution in [0, 0.1) is 0 Å². The summed E-state index contributed by atoms with van der Waals surface area (Å²) in [4.78, 5) is 12.9. The molecule has 0 spiro atoms. The molecule has 1 aromatic heterocycles. The molecule has 0 unspecified atom stereocenters. The van der Waals surface area contributed by atoms with Gasteiger partial charge in [-0.05, 0) is 18.8 Å². The largest absolute Gasteiger partial charge is 0.465 e. The van der Waals surface area contributed by atoms with E-state index >= 15 is 0 Å². The number of nitrogen functional groups attached to an aromatic ring is 1. The second kappa shape index (κ2) is 5.16. The first-order valence-corrected chi connectivity index (χ1v) is 6.84. The van der Waals surface area contributed by atoms with E-state index in [4.69, 9.17) is 5.73 Å². The number of ether oxygens (including phenoxy) is 1. The number of carbonyl (C=O) groups excluding carboxylic acids is 1. The van der Waals surface area contributed by atoms with E-state index in [0.29, 0.717) is 10.6 Å². The first-order valence-electron chi connectivity index (χ1n) is 6.03. The summed E-state index contributed by atoms with van der Waals surface area (Å²) in [5.74, 6) is -0.462. The number of thiophene rings is 1. The molecule has 8 heteroatoms. The van der Waals surface area contributed by atoms with E-state index < -0.39 is 18.7 Å². The maximum Gasteiger partial charge on any atom is 0.405 e. The van der Waals surface area contributed by atoms with Crippen molar-refractivity contribution in [2.75, 3.05) is 31.3 Å². The normalized spacial score (nSPS) is 15.2. The van der Waals surface area contributed by atoms with Gasteiger partial charge in [0.2, 0.25) is 0 Å². The van der Waals surface area contributed by atoms with Crippen molar-refractivity contribution in [3.05, 3.63) is 10.4 Å². The molecule has 0 amide bonds. The maximum atomic E-state index is 12.5. The molecule has 0 radical (unpaired) electrons. The molecule has 2 N–H and O–H groups in total. The second-order valence-electron chi connectivity index (χ2n) is 4.80. The van der Waals surface area contributed by atoms with E-state index in [9.17, 15) is 18.0 Å². The zero-order valence-electron chi connectivity index (χ0n) is 11.1. The van der Waals surface area contributed by atoms with Crippen LogP contribution in [0.1, 0.15) is 34.0 Å². The Kier molecular flexibility index (Phi) is 3.86. The van der Waals surface area contributed by atoms with E-state index in [-0.39, 0.29) is 16.5 Å². The quantitative estimate of drug-likeness (QED) is 0.869. The smallest absolute Gasteiger partial charge is 0.405 e. The van der Waals surface area contributed by atoms with Gasteiger partial charge in [0.1, 0.15) is 11.4 Å². The molecule has 1 aromatic rings. The summed E-state index contributed by atoms with van der Waals surface area (Å²) in [6.07, 6.45) is -2.54. The van der Waals surface area contributed by atoms with E-state index in [1.807, 2.05) is 0 Å². The molecule has 0 aromatic carbocycles. The highest BCUT2D eigenvalue weighted by molar-refractivity contribution is 7.18. The molecule has 0 bridgehead atoms. The molecular formula is C12H15F3N2O2S. The molecule has 2 rings (SSSR count). The van der Waals surface area contributed by atoms with Gasteiger partial charge in [0.25, 0.3) is 0 Å². The molecule has 4 nitrogen and oxygen atoms in total. The first kappa shape index (κ1) is 15.0. The van der Waals surface area contributed by atoms with E-state index in [0.717, 1.165) is 29.1 Å². The minimum absolute atomic E-state index is 0.148. The van der Waals surface area contributed by atoms with Gasteiger partial charge in [-0.3, -0.25) is 0 Å². The van der Waals surface area contributed by atoms with Crippen molar-refractivity contribution >= 4 is 28.0 Å². The van der Waals surface area contributed by atoms with Gasteiger partial charge in [0.05, 0.1) is 17.8 Å². The zero-order chi connectivity index (χ0) is 15.1. The van der Waals surface area contributed by atoms with Crippen LogP contribution in [0.5, 0.6) is 0 Å². The summed E-state index contributed by atoms with van der Waals surface area (Å²) < 4.78 is 42.2. The molecule has 1 heterocycles. The van der Waals surface area contributed by atoms with Crippen molar-refractivity contribution in [2.24, 2.45) is 0 Å². The minimum atomic E-state index is -4.31. The van der Waals surface area contributed by atoms with Gasteiger partial charge in [0, 0.05) is 12.6 Å². The molecule has 112 valence electrons. The molecule has 1 aliphatic rings. The monoisotopic (exact) mass is 308 g/mol. The number of nitrogens with two attached hydrogens (primary N) is 1. The van der Waals surface area contributed by atoms with Gasteiger partial charge in [-0.25, -0.2) is 4.79 Å². The highest BCUT2D eigenvalue weighted by Crippen LogP contribution is 2.52. The number of halogens is 3. The van der Waals surface area contributed by atoms with Crippen molar-refractivity contribution in [1.82, 2.24) is 0 Å². The topological polar surface area (TPSA) is 55.6 Å². The van der Waals surface area contributed by atoms with Crippen molar-refractivity contribution in [3.63, 3.8) is 0 Å². The van der Waals surface area contributed by atoms with Crippen molar-refractivity contribution in [2.45, 2.75) is 24.9 Å². The Morgan fingerprint density at radius 3 is 2.55 bits per heavy atom. The number of hydrogen-bond donors (Lipinski definition) is 1. The lowest BCUT2D eigenvalue weighted by atomic mass is 10.1. The van der Waals surface area contributed by atoms with Crippen molar-refractivity contribution in [3.8, 4) is 0 Å². The Labute approximate surface area is 118 Å². The van der Waals surface area contributed by atoms with Crippen molar-refractivity contribution < 1.29 is 22.7 Å². The number of hydrogen-bond acceptors (Lipinski definition) is 5. The number of alkyl halides is 3.